The van der Waals surface area contributed by atoms with Crippen LogP contribution in [0.25, 0.3) is 24.3 Å². The normalized spacial score (nSPS) is 11.4. The standard InChI is InChI=1S/C52H48N2/c1-37-7-23-47(24-8-37)53(48-25-9-38(2)10-26-48)51-31-17-43(18-32-51)15-21-45-35-42(6)46(36-41(45)5)22-16-44-19-33-52(34-20-44)54(49-27-11-39(3)12-28-49)50-29-13-40(4)14-30-50/h7-36H,1-6H3. The lowest BCUT2D eigenvalue weighted by Gasteiger charge is -2.26. The molecule has 0 bridgehead atoms. The fourth-order valence-corrected chi connectivity index (χ4v) is 6.73. The van der Waals surface area contributed by atoms with Gasteiger partial charge in [-0.05, 0) is 148 Å². The Morgan fingerprint density at radius 3 is 0.741 bits per heavy atom. The van der Waals surface area contributed by atoms with Crippen molar-refractivity contribution in [3.05, 3.63) is 213 Å². The fraction of sp³-hybridized carbons (Fsp3) is 0.115. The highest BCUT2D eigenvalue weighted by Crippen LogP contribution is 2.36. The summed E-state index contributed by atoms with van der Waals surface area (Å²) in [5.74, 6) is 0. The van der Waals surface area contributed by atoms with E-state index < -0.39 is 0 Å². The first-order chi connectivity index (χ1) is 26.2. The highest BCUT2D eigenvalue weighted by molar-refractivity contribution is 5.81. The van der Waals surface area contributed by atoms with Gasteiger partial charge in [-0.25, -0.2) is 0 Å². The molecule has 0 unspecified atom stereocenters. The van der Waals surface area contributed by atoms with E-state index in [-0.39, 0.29) is 0 Å². The van der Waals surface area contributed by atoms with Crippen molar-refractivity contribution in [3.63, 3.8) is 0 Å². The minimum Gasteiger partial charge on any atom is -0.311 e. The first-order valence-corrected chi connectivity index (χ1v) is 18.7. The Balaban J connectivity index is 1.07. The lowest BCUT2D eigenvalue weighted by Crippen LogP contribution is -2.09. The van der Waals surface area contributed by atoms with Crippen LogP contribution in [0, 0.1) is 41.5 Å². The SMILES string of the molecule is Cc1ccc(N(c2ccc(C)cc2)c2ccc(C=Cc3cc(C)c(C=Cc4ccc(N(c5ccc(C)cc5)c5ccc(C)cc5)cc4)cc3C)cc2)cc1. The van der Waals surface area contributed by atoms with Crippen molar-refractivity contribution in [2.24, 2.45) is 0 Å². The molecule has 0 atom stereocenters. The molecule has 0 saturated heterocycles. The second-order valence-electron chi connectivity index (χ2n) is 14.4. The van der Waals surface area contributed by atoms with Crippen molar-refractivity contribution in [2.45, 2.75) is 41.5 Å². The Kier molecular flexibility index (Phi) is 10.7. The molecule has 0 aromatic heterocycles. The summed E-state index contributed by atoms with van der Waals surface area (Å²) in [6.07, 6.45) is 8.88. The molecule has 266 valence electrons. The number of hydrogen-bond donors (Lipinski definition) is 0. The smallest absolute Gasteiger partial charge is 0.0462 e. The molecular weight excluding hydrogens is 653 g/mol. The maximum Gasteiger partial charge on any atom is 0.0462 e. The van der Waals surface area contributed by atoms with Gasteiger partial charge in [-0.2, -0.15) is 0 Å². The number of benzene rings is 7. The van der Waals surface area contributed by atoms with Gasteiger partial charge in [0, 0.05) is 34.1 Å². The molecule has 0 N–H and O–H groups in total. The van der Waals surface area contributed by atoms with Crippen LogP contribution in [0.1, 0.15) is 55.6 Å². The highest BCUT2D eigenvalue weighted by Gasteiger charge is 2.14. The summed E-state index contributed by atoms with van der Waals surface area (Å²) in [6.45, 7) is 12.9. The lowest BCUT2D eigenvalue weighted by atomic mass is 9.98. The minimum absolute atomic E-state index is 1.13. The Hall–Kier alpha value is -6.38. The van der Waals surface area contributed by atoms with Gasteiger partial charge in [-0.15, -0.1) is 0 Å². The Labute approximate surface area is 322 Å². The summed E-state index contributed by atoms with van der Waals surface area (Å²) >= 11 is 0. The van der Waals surface area contributed by atoms with Gasteiger partial charge in [-0.1, -0.05) is 131 Å². The van der Waals surface area contributed by atoms with Gasteiger partial charge in [-0.3, -0.25) is 0 Å². The van der Waals surface area contributed by atoms with Crippen LogP contribution in [0.4, 0.5) is 34.1 Å². The van der Waals surface area contributed by atoms with Crippen molar-refractivity contribution in [3.8, 4) is 0 Å². The monoisotopic (exact) mass is 700 g/mol. The van der Waals surface area contributed by atoms with Crippen LogP contribution in [0.5, 0.6) is 0 Å². The molecule has 0 amide bonds. The second-order valence-corrected chi connectivity index (χ2v) is 14.4. The number of rotatable bonds is 10. The number of hydrogen-bond acceptors (Lipinski definition) is 2. The molecule has 0 radical (unpaired) electrons. The third kappa shape index (κ3) is 8.46. The predicted octanol–water partition coefficient (Wildman–Crippen LogP) is 14.8. The van der Waals surface area contributed by atoms with E-state index in [1.165, 1.54) is 55.6 Å². The van der Waals surface area contributed by atoms with E-state index in [1.54, 1.807) is 0 Å². The predicted molar refractivity (Wildman–Crippen MR) is 235 cm³/mol. The average Bonchev–Trinajstić information content (AvgIpc) is 3.18. The van der Waals surface area contributed by atoms with Gasteiger partial charge in [0.25, 0.3) is 0 Å². The third-order valence-electron chi connectivity index (χ3n) is 10.0. The molecule has 0 fully saturated rings. The highest BCUT2D eigenvalue weighted by atomic mass is 15.1. The molecule has 2 heteroatoms. The molecule has 7 aromatic rings. The van der Waals surface area contributed by atoms with Gasteiger partial charge in [0.15, 0.2) is 0 Å². The van der Waals surface area contributed by atoms with E-state index >= 15 is 0 Å². The number of anilines is 6. The molecular formula is C52H48N2. The summed E-state index contributed by atoms with van der Waals surface area (Å²) in [4.78, 5) is 4.62. The molecule has 0 aliphatic carbocycles. The maximum atomic E-state index is 2.31. The van der Waals surface area contributed by atoms with Gasteiger partial charge in [0.05, 0.1) is 0 Å². The van der Waals surface area contributed by atoms with Crippen molar-refractivity contribution in [1.29, 1.82) is 0 Å². The van der Waals surface area contributed by atoms with Crippen molar-refractivity contribution in [1.82, 2.24) is 0 Å². The Morgan fingerprint density at radius 1 is 0.278 bits per heavy atom. The topological polar surface area (TPSA) is 6.48 Å². The quantitative estimate of drug-likeness (QED) is 0.131. The summed E-state index contributed by atoms with van der Waals surface area (Å²) in [6, 6.07) is 57.1. The first-order valence-electron chi connectivity index (χ1n) is 18.7. The van der Waals surface area contributed by atoms with Gasteiger partial charge >= 0.3 is 0 Å². The van der Waals surface area contributed by atoms with E-state index in [2.05, 4.69) is 233 Å². The summed E-state index contributed by atoms with van der Waals surface area (Å²) < 4.78 is 0. The number of aryl methyl sites for hydroxylation is 6. The molecule has 0 aliphatic rings. The van der Waals surface area contributed by atoms with Gasteiger partial charge < -0.3 is 9.80 Å². The number of nitrogens with zero attached hydrogens (tertiary/aromatic N) is 2. The maximum absolute atomic E-state index is 2.31. The van der Waals surface area contributed by atoms with Gasteiger partial charge in [0.2, 0.25) is 0 Å². The van der Waals surface area contributed by atoms with E-state index in [1.807, 2.05) is 0 Å². The average molecular weight is 701 g/mol. The molecule has 7 rings (SSSR count). The second kappa shape index (κ2) is 16.1. The molecule has 2 nitrogen and oxygen atoms in total. The van der Waals surface area contributed by atoms with E-state index in [0.29, 0.717) is 0 Å². The minimum atomic E-state index is 1.13. The van der Waals surface area contributed by atoms with Gasteiger partial charge in [0.1, 0.15) is 0 Å². The van der Waals surface area contributed by atoms with Crippen LogP contribution >= 0.6 is 0 Å². The van der Waals surface area contributed by atoms with Crippen LogP contribution in [0.15, 0.2) is 158 Å². The third-order valence-corrected chi connectivity index (χ3v) is 10.0. The summed E-state index contributed by atoms with van der Waals surface area (Å²) in [5.41, 5.74) is 19.1. The van der Waals surface area contributed by atoms with Crippen molar-refractivity contribution < 1.29 is 0 Å². The molecule has 0 spiro atoms. The molecule has 0 saturated carbocycles. The molecule has 0 aliphatic heterocycles. The van der Waals surface area contributed by atoms with Crippen LogP contribution in [0.3, 0.4) is 0 Å². The van der Waals surface area contributed by atoms with Crippen molar-refractivity contribution >= 4 is 58.4 Å². The largest absolute Gasteiger partial charge is 0.311 e. The van der Waals surface area contributed by atoms with E-state index in [9.17, 15) is 0 Å². The fourth-order valence-electron chi connectivity index (χ4n) is 6.73. The van der Waals surface area contributed by atoms with Crippen molar-refractivity contribution in [2.75, 3.05) is 9.80 Å². The zero-order valence-corrected chi connectivity index (χ0v) is 32.2. The first kappa shape index (κ1) is 36.0. The van der Waals surface area contributed by atoms with Crippen LogP contribution in [-0.4, -0.2) is 0 Å². The van der Waals surface area contributed by atoms with Crippen LogP contribution < -0.4 is 9.80 Å². The van der Waals surface area contributed by atoms with E-state index in [4.69, 9.17) is 0 Å². The molecule has 54 heavy (non-hydrogen) atoms. The van der Waals surface area contributed by atoms with E-state index in [0.717, 1.165) is 34.1 Å². The molecule has 0 heterocycles. The lowest BCUT2D eigenvalue weighted by molar-refractivity contribution is 1.27. The zero-order chi connectivity index (χ0) is 37.6. The zero-order valence-electron chi connectivity index (χ0n) is 32.2. The summed E-state index contributed by atoms with van der Waals surface area (Å²) in [5, 5.41) is 0. The molecule has 7 aromatic carbocycles. The van der Waals surface area contributed by atoms with Crippen LogP contribution in [-0.2, 0) is 0 Å². The Morgan fingerprint density at radius 2 is 0.500 bits per heavy atom. The van der Waals surface area contributed by atoms with Crippen LogP contribution in [0.2, 0.25) is 0 Å². The Bertz CT molecular complexity index is 2110. The summed E-state index contributed by atoms with van der Waals surface area (Å²) in [7, 11) is 0.